The number of nitrogens with zero attached hydrogens (tertiary/aromatic N) is 2. The highest BCUT2D eigenvalue weighted by atomic mass is 16.5. The summed E-state index contributed by atoms with van der Waals surface area (Å²) in [5, 5.41) is 2.93. The molecule has 24 heavy (non-hydrogen) atoms. The maximum atomic E-state index is 12.3. The lowest BCUT2D eigenvalue weighted by Gasteiger charge is -2.21. The number of amides is 1. The van der Waals surface area contributed by atoms with Crippen molar-refractivity contribution in [3.63, 3.8) is 0 Å². The van der Waals surface area contributed by atoms with Gasteiger partial charge < -0.3 is 15.0 Å². The molecule has 1 heterocycles. The minimum atomic E-state index is -0.141. The summed E-state index contributed by atoms with van der Waals surface area (Å²) in [4.78, 5) is 18.6. The minimum Gasteiger partial charge on any atom is -0.497 e. The van der Waals surface area contributed by atoms with Gasteiger partial charge in [0.15, 0.2) is 0 Å². The third-order valence-corrected chi connectivity index (χ3v) is 3.96. The lowest BCUT2D eigenvalue weighted by Crippen LogP contribution is -2.27. The Morgan fingerprint density at radius 2 is 1.88 bits per heavy atom. The molecule has 0 bridgehead atoms. The van der Waals surface area contributed by atoms with Crippen LogP contribution in [0.5, 0.6) is 5.75 Å². The van der Waals surface area contributed by atoms with E-state index in [1.165, 1.54) is 0 Å². The van der Waals surface area contributed by atoms with Crippen molar-refractivity contribution < 1.29 is 9.53 Å². The van der Waals surface area contributed by atoms with Crippen LogP contribution in [0.25, 0.3) is 0 Å². The van der Waals surface area contributed by atoms with E-state index >= 15 is 0 Å². The van der Waals surface area contributed by atoms with Crippen LogP contribution in [0.4, 0.5) is 5.69 Å². The third kappa shape index (κ3) is 4.72. The van der Waals surface area contributed by atoms with Gasteiger partial charge in [0.05, 0.1) is 7.11 Å². The molecule has 0 radical (unpaired) electrons. The number of pyridine rings is 1. The van der Waals surface area contributed by atoms with E-state index in [2.05, 4.69) is 29.0 Å². The van der Waals surface area contributed by atoms with E-state index in [1.54, 1.807) is 13.3 Å². The SMILES string of the molecule is CCN(CC)c1ccnc(C(=O)NCCc2ccc(OC)cc2)c1. The molecule has 0 unspecified atom stereocenters. The van der Waals surface area contributed by atoms with Crippen LogP contribution < -0.4 is 15.0 Å². The molecule has 0 saturated carbocycles. The van der Waals surface area contributed by atoms with E-state index < -0.39 is 0 Å². The number of benzene rings is 1. The normalized spacial score (nSPS) is 10.3. The number of hydrogen-bond donors (Lipinski definition) is 1. The van der Waals surface area contributed by atoms with Crippen molar-refractivity contribution >= 4 is 11.6 Å². The van der Waals surface area contributed by atoms with Crippen molar-refractivity contribution in [2.24, 2.45) is 0 Å². The monoisotopic (exact) mass is 327 g/mol. The van der Waals surface area contributed by atoms with Crippen LogP contribution in [0.2, 0.25) is 0 Å². The maximum Gasteiger partial charge on any atom is 0.269 e. The highest BCUT2D eigenvalue weighted by molar-refractivity contribution is 5.93. The summed E-state index contributed by atoms with van der Waals surface area (Å²) in [5.41, 5.74) is 2.63. The zero-order chi connectivity index (χ0) is 17.4. The first-order chi connectivity index (χ1) is 11.7. The first-order valence-electron chi connectivity index (χ1n) is 8.30. The fraction of sp³-hybridized carbons (Fsp3) is 0.368. The van der Waals surface area contributed by atoms with Gasteiger partial charge in [0, 0.05) is 31.5 Å². The summed E-state index contributed by atoms with van der Waals surface area (Å²) < 4.78 is 5.14. The molecule has 128 valence electrons. The van der Waals surface area contributed by atoms with E-state index in [-0.39, 0.29) is 5.91 Å². The zero-order valence-corrected chi connectivity index (χ0v) is 14.6. The molecule has 5 heteroatoms. The number of carbonyl (C=O) groups is 1. The van der Waals surface area contributed by atoms with Gasteiger partial charge in [0.1, 0.15) is 11.4 Å². The van der Waals surface area contributed by atoms with E-state index in [0.717, 1.165) is 36.5 Å². The Bertz CT molecular complexity index is 652. The molecule has 0 spiro atoms. The van der Waals surface area contributed by atoms with Crippen LogP contribution in [-0.4, -0.2) is 37.6 Å². The number of methoxy groups -OCH3 is 1. The van der Waals surface area contributed by atoms with Gasteiger partial charge in [0.2, 0.25) is 0 Å². The Hall–Kier alpha value is -2.56. The Kier molecular flexibility index (Phi) is 6.61. The molecule has 0 aliphatic carbocycles. The summed E-state index contributed by atoms with van der Waals surface area (Å²) in [5.74, 6) is 0.692. The number of carbonyl (C=O) groups excluding carboxylic acids is 1. The molecule has 2 rings (SSSR count). The fourth-order valence-corrected chi connectivity index (χ4v) is 2.53. The van der Waals surface area contributed by atoms with Crippen molar-refractivity contribution in [3.8, 4) is 5.75 Å². The summed E-state index contributed by atoms with van der Waals surface area (Å²) in [6.45, 7) is 6.57. The minimum absolute atomic E-state index is 0.141. The Morgan fingerprint density at radius 3 is 2.50 bits per heavy atom. The molecular weight excluding hydrogens is 302 g/mol. The van der Waals surface area contributed by atoms with Gasteiger partial charge in [-0.2, -0.15) is 0 Å². The van der Waals surface area contributed by atoms with E-state index in [9.17, 15) is 4.79 Å². The predicted molar refractivity (Wildman–Crippen MR) is 96.8 cm³/mol. The lowest BCUT2D eigenvalue weighted by atomic mass is 10.1. The molecule has 0 saturated heterocycles. The summed E-state index contributed by atoms with van der Waals surface area (Å²) in [7, 11) is 1.65. The molecule has 1 amide bonds. The molecule has 0 atom stereocenters. The number of aromatic nitrogens is 1. The topological polar surface area (TPSA) is 54.5 Å². The van der Waals surface area contributed by atoms with Crippen LogP contribution in [-0.2, 0) is 6.42 Å². The van der Waals surface area contributed by atoms with Crippen LogP contribution in [0.1, 0.15) is 29.9 Å². The molecule has 0 fully saturated rings. The van der Waals surface area contributed by atoms with E-state index in [4.69, 9.17) is 4.74 Å². The number of ether oxygens (including phenoxy) is 1. The first kappa shape index (κ1) is 17.8. The summed E-state index contributed by atoms with van der Waals surface area (Å²) in [6, 6.07) is 11.6. The molecular formula is C19H25N3O2. The van der Waals surface area contributed by atoms with Crippen molar-refractivity contribution in [3.05, 3.63) is 53.9 Å². The Labute approximate surface area is 143 Å². The second-order valence-electron chi connectivity index (χ2n) is 5.43. The average Bonchev–Trinajstić information content (AvgIpc) is 2.63. The second kappa shape index (κ2) is 8.91. The predicted octanol–water partition coefficient (Wildman–Crippen LogP) is 2.91. The van der Waals surface area contributed by atoms with Crippen LogP contribution in [0.15, 0.2) is 42.6 Å². The molecule has 5 nitrogen and oxygen atoms in total. The maximum absolute atomic E-state index is 12.3. The van der Waals surface area contributed by atoms with Crippen LogP contribution in [0, 0.1) is 0 Å². The molecule has 1 N–H and O–H groups in total. The van der Waals surface area contributed by atoms with Gasteiger partial charge in [-0.05, 0) is 50.1 Å². The summed E-state index contributed by atoms with van der Waals surface area (Å²) >= 11 is 0. The van der Waals surface area contributed by atoms with Gasteiger partial charge >= 0.3 is 0 Å². The van der Waals surface area contributed by atoms with Gasteiger partial charge in [-0.15, -0.1) is 0 Å². The summed E-state index contributed by atoms with van der Waals surface area (Å²) in [6.07, 6.45) is 2.46. The number of anilines is 1. The van der Waals surface area contributed by atoms with Crippen LogP contribution in [0.3, 0.4) is 0 Å². The zero-order valence-electron chi connectivity index (χ0n) is 14.6. The van der Waals surface area contributed by atoms with Gasteiger partial charge in [-0.25, -0.2) is 0 Å². The number of hydrogen-bond acceptors (Lipinski definition) is 4. The average molecular weight is 327 g/mol. The highest BCUT2D eigenvalue weighted by Crippen LogP contribution is 2.14. The van der Waals surface area contributed by atoms with Gasteiger partial charge in [-0.3, -0.25) is 9.78 Å². The van der Waals surface area contributed by atoms with E-state index in [0.29, 0.717) is 12.2 Å². The Morgan fingerprint density at radius 1 is 1.17 bits per heavy atom. The molecule has 2 aromatic rings. The van der Waals surface area contributed by atoms with Gasteiger partial charge in [0.25, 0.3) is 5.91 Å². The molecule has 0 aliphatic rings. The lowest BCUT2D eigenvalue weighted by molar-refractivity contribution is 0.0949. The number of rotatable bonds is 8. The third-order valence-electron chi connectivity index (χ3n) is 3.96. The molecule has 1 aromatic carbocycles. The molecule has 1 aromatic heterocycles. The highest BCUT2D eigenvalue weighted by Gasteiger charge is 2.09. The largest absolute Gasteiger partial charge is 0.497 e. The quantitative estimate of drug-likeness (QED) is 0.810. The van der Waals surface area contributed by atoms with Crippen molar-refractivity contribution in [1.29, 1.82) is 0 Å². The number of nitrogens with one attached hydrogen (secondary N) is 1. The fourth-order valence-electron chi connectivity index (χ4n) is 2.53. The van der Waals surface area contributed by atoms with Crippen molar-refractivity contribution in [1.82, 2.24) is 10.3 Å². The van der Waals surface area contributed by atoms with Crippen LogP contribution >= 0.6 is 0 Å². The van der Waals surface area contributed by atoms with Crippen molar-refractivity contribution in [2.75, 3.05) is 31.6 Å². The first-order valence-corrected chi connectivity index (χ1v) is 8.30. The van der Waals surface area contributed by atoms with Crippen molar-refractivity contribution in [2.45, 2.75) is 20.3 Å². The second-order valence-corrected chi connectivity index (χ2v) is 5.43. The molecule has 0 aliphatic heterocycles. The van der Waals surface area contributed by atoms with Gasteiger partial charge in [-0.1, -0.05) is 12.1 Å². The Balaban J connectivity index is 1.91. The standard InChI is InChI=1S/C19H25N3O2/c1-4-22(5-2)16-11-13-20-18(14-16)19(23)21-12-10-15-6-8-17(24-3)9-7-15/h6-9,11,13-14H,4-5,10,12H2,1-3H3,(H,21,23). The smallest absolute Gasteiger partial charge is 0.269 e. The van der Waals surface area contributed by atoms with E-state index in [1.807, 2.05) is 36.4 Å².